The lowest BCUT2D eigenvalue weighted by Gasteiger charge is -2.47. The van der Waals surface area contributed by atoms with E-state index in [1.165, 1.54) is 6.07 Å². The zero-order valence-corrected chi connectivity index (χ0v) is 14.6. The van der Waals surface area contributed by atoms with Gasteiger partial charge >= 0.3 is 0 Å². The lowest BCUT2D eigenvalue weighted by atomic mass is 9.76. The quantitative estimate of drug-likeness (QED) is 0.872. The minimum absolute atomic E-state index is 0.0299. The van der Waals surface area contributed by atoms with E-state index in [0.717, 1.165) is 25.1 Å². The van der Waals surface area contributed by atoms with E-state index in [-0.39, 0.29) is 17.6 Å². The van der Waals surface area contributed by atoms with Crippen molar-refractivity contribution in [1.82, 2.24) is 10.2 Å². The number of rotatable bonds is 2. The van der Waals surface area contributed by atoms with Gasteiger partial charge in [-0.1, -0.05) is 30.3 Å². The summed E-state index contributed by atoms with van der Waals surface area (Å²) < 4.78 is 13.9. The molecule has 2 saturated heterocycles. The van der Waals surface area contributed by atoms with Crippen LogP contribution in [0.5, 0.6) is 0 Å². The maximum absolute atomic E-state index is 13.9. The Morgan fingerprint density at radius 3 is 2.69 bits per heavy atom. The number of amides is 1. The molecule has 1 amide bonds. The number of nitrogens with one attached hydrogen (secondary N) is 1. The zero-order valence-electron chi connectivity index (χ0n) is 14.6. The fourth-order valence-electron chi connectivity index (χ4n) is 4.08. The second kappa shape index (κ2) is 6.82. The van der Waals surface area contributed by atoms with Gasteiger partial charge < -0.3 is 15.3 Å². The van der Waals surface area contributed by atoms with Crippen molar-refractivity contribution in [2.24, 2.45) is 5.92 Å². The molecule has 4 rings (SSSR count). The molecule has 0 unspecified atom stereocenters. The van der Waals surface area contributed by atoms with Crippen molar-refractivity contribution in [3.63, 3.8) is 0 Å². The summed E-state index contributed by atoms with van der Waals surface area (Å²) in [6.07, 6.45) is 1.37. The van der Waals surface area contributed by atoms with Crippen LogP contribution in [-0.2, 0) is 0 Å². The molecular weight excluding hydrogens is 331 g/mol. The Hall–Kier alpha value is -2.24. The van der Waals surface area contributed by atoms with Gasteiger partial charge in [0.1, 0.15) is 5.82 Å². The molecule has 2 N–H and O–H groups in total. The van der Waals surface area contributed by atoms with Crippen LogP contribution in [0.15, 0.2) is 48.5 Å². The highest BCUT2D eigenvalue weighted by Gasteiger charge is 2.43. The Morgan fingerprint density at radius 2 is 1.92 bits per heavy atom. The zero-order chi connectivity index (χ0) is 18.1. The highest BCUT2D eigenvalue weighted by atomic mass is 19.1. The Kier molecular flexibility index (Phi) is 4.51. The fourth-order valence-corrected chi connectivity index (χ4v) is 4.08. The van der Waals surface area contributed by atoms with Gasteiger partial charge in [-0.05, 0) is 43.1 Å². The van der Waals surface area contributed by atoms with Crippen LogP contribution < -0.4 is 5.32 Å². The van der Waals surface area contributed by atoms with E-state index in [1.807, 2.05) is 4.90 Å². The predicted molar refractivity (Wildman–Crippen MR) is 98.3 cm³/mol. The second-order valence-electron chi connectivity index (χ2n) is 7.31. The van der Waals surface area contributed by atoms with Gasteiger partial charge in [0.15, 0.2) is 0 Å². The lowest BCUT2D eigenvalue weighted by Crippen LogP contribution is -2.59. The third kappa shape index (κ3) is 3.13. The summed E-state index contributed by atoms with van der Waals surface area (Å²) in [6, 6.07) is 13.7. The van der Waals surface area contributed by atoms with Gasteiger partial charge in [-0.15, -0.1) is 0 Å². The minimum atomic E-state index is -0.642. The van der Waals surface area contributed by atoms with E-state index in [9.17, 15) is 14.3 Å². The summed E-state index contributed by atoms with van der Waals surface area (Å²) in [4.78, 5) is 14.7. The molecule has 2 aromatic carbocycles. The number of fused-ring (bicyclic) bond motifs is 1. The minimum Gasteiger partial charge on any atom is -0.389 e. The van der Waals surface area contributed by atoms with Crippen LogP contribution in [0, 0.1) is 11.7 Å². The molecule has 0 saturated carbocycles. The third-order valence-corrected chi connectivity index (χ3v) is 5.74. The number of benzene rings is 2. The summed E-state index contributed by atoms with van der Waals surface area (Å²) in [5, 5.41) is 14.0. The molecule has 136 valence electrons. The summed E-state index contributed by atoms with van der Waals surface area (Å²) in [5.41, 5.74) is 1.24. The summed E-state index contributed by atoms with van der Waals surface area (Å²) in [6.45, 7) is 2.71. The first-order valence-corrected chi connectivity index (χ1v) is 9.14. The molecule has 2 aromatic rings. The van der Waals surface area contributed by atoms with E-state index in [0.29, 0.717) is 30.6 Å². The Bertz CT molecular complexity index is 808. The van der Waals surface area contributed by atoms with Gasteiger partial charge in [-0.3, -0.25) is 4.79 Å². The molecule has 2 fully saturated rings. The first kappa shape index (κ1) is 17.2. The Labute approximate surface area is 152 Å². The number of likely N-dealkylation sites (tertiary alicyclic amines) is 1. The first-order valence-electron chi connectivity index (χ1n) is 9.14. The van der Waals surface area contributed by atoms with Crippen molar-refractivity contribution in [1.29, 1.82) is 0 Å². The maximum atomic E-state index is 13.9. The molecule has 2 heterocycles. The van der Waals surface area contributed by atoms with E-state index < -0.39 is 5.60 Å². The van der Waals surface area contributed by atoms with Gasteiger partial charge in [-0.2, -0.15) is 0 Å². The van der Waals surface area contributed by atoms with E-state index >= 15 is 0 Å². The normalized spacial score (nSPS) is 25.6. The Balaban J connectivity index is 1.49. The summed E-state index contributed by atoms with van der Waals surface area (Å²) in [7, 11) is 0. The number of carbonyl (C=O) groups excluding carboxylic acids is 1. The summed E-state index contributed by atoms with van der Waals surface area (Å²) >= 11 is 0. The van der Waals surface area contributed by atoms with Crippen molar-refractivity contribution in [3.8, 4) is 11.1 Å². The van der Waals surface area contributed by atoms with Crippen molar-refractivity contribution >= 4 is 5.91 Å². The van der Waals surface area contributed by atoms with Crippen LogP contribution in [0.2, 0.25) is 0 Å². The SMILES string of the molecule is O=C(c1ccc(-c2ccccc2F)cc1)N1CC[C@@]2(O)CCNC[C@H]2C1. The monoisotopic (exact) mass is 354 g/mol. The average molecular weight is 354 g/mol. The molecule has 0 radical (unpaired) electrons. The van der Waals surface area contributed by atoms with E-state index in [4.69, 9.17) is 0 Å². The van der Waals surface area contributed by atoms with E-state index in [2.05, 4.69) is 5.32 Å². The first-order chi connectivity index (χ1) is 12.6. The van der Waals surface area contributed by atoms with Gasteiger partial charge in [0, 0.05) is 36.7 Å². The van der Waals surface area contributed by atoms with Crippen molar-refractivity contribution in [2.75, 3.05) is 26.2 Å². The largest absolute Gasteiger partial charge is 0.389 e. The number of nitrogens with zero attached hydrogens (tertiary/aromatic N) is 1. The molecule has 0 spiro atoms. The number of carbonyl (C=O) groups is 1. The van der Waals surface area contributed by atoms with Crippen LogP contribution in [0.25, 0.3) is 11.1 Å². The van der Waals surface area contributed by atoms with Crippen LogP contribution in [0.4, 0.5) is 4.39 Å². The number of piperidine rings is 2. The molecule has 0 aliphatic carbocycles. The van der Waals surface area contributed by atoms with Crippen LogP contribution >= 0.6 is 0 Å². The van der Waals surface area contributed by atoms with Crippen LogP contribution in [-0.4, -0.2) is 47.7 Å². The molecular formula is C21H23FN2O2. The fraction of sp³-hybridized carbons (Fsp3) is 0.381. The summed E-state index contributed by atoms with van der Waals surface area (Å²) in [5.74, 6) is -0.226. The van der Waals surface area contributed by atoms with Crippen molar-refractivity contribution in [2.45, 2.75) is 18.4 Å². The second-order valence-corrected chi connectivity index (χ2v) is 7.31. The van der Waals surface area contributed by atoms with Gasteiger partial charge in [0.2, 0.25) is 0 Å². The number of hydrogen-bond acceptors (Lipinski definition) is 3. The molecule has 2 aliphatic rings. The average Bonchev–Trinajstić information content (AvgIpc) is 2.67. The highest BCUT2D eigenvalue weighted by molar-refractivity contribution is 5.94. The third-order valence-electron chi connectivity index (χ3n) is 5.74. The van der Waals surface area contributed by atoms with Crippen LogP contribution in [0.1, 0.15) is 23.2 Å². The topological polar surface area (TPSA) is 52.6 Å². The van der Waals surface area contributed by atoms with E-state index in [1.54, 1.807) is 42.5 Å². The molecule has 0 aromatic heterocycles. The lowest BCUT2D eigenvalue weighted by molar-refractivity contribution is -0.0817. The molecule has 0 bridgehead atoms. The van der Waals surface area contributed by atoms with Gasteiger partial charge in [-0.25, -0.2) is 4.39 Å². The van der Waals surface area contributed by atoms with Crippen LogP contribution in [0.3, 0.4) is 0 Å². The van der Waals surface area contributed by atoms with Crippen molar-refractivity contribution < 1.29 is 14.3 Å². The molecule has 4 nitrogen and oxygen atoms in total. The Morgan fingerprint density at radius 1 is 1.15 bits per heavy atom. The van der Waals surface area contributed by atoms with Gasteiger partial charge in [0.25, 0.3) is 5.91 Å². The standard InChI is InChI=1S/C21H23FN2O2/c22-19-4-2-1-3-18(19)15-5-7-16(8-6-15)20(25)24-12-10-21(26)9-11-23-13-17(21)14-24/h1-8,17,23,26H,9-14H2/t17-,21-/m0/s1. The predicted octanol–water partition coefficient (Wildman–Crippen LogP) is 2.68. The van der Waals surface area contributed by atoms with Crippen molar-refractivity contribution in [3.05, 3.63) is 59.9 Å². The molecule has 5 heteroatoms. The molecule has 2 aliphatic heterocycles. The molecule has 26 heavy (non-hydrogen) atoms. The number of aliphatic hydroxyl groups is 1. The maximum Gasteiger partial charge on any atom is 0.253 e. The number of hydrogen-bond donors (Lipinski definition) is 2. The number of halogens is 1. The molecule has 2 atom stereocenters. The smallest absolute Gasteiger partial charge is 0.253 e. The van der Waals surface area contributed by atoms with Gasteiger partial charge in [0.05, 0.1) is 5.60 Å². The highest BCUT2D eigenvalue weighted by Crippen LogP contribution is 2.33.